The number of hydrogen-bond acceptors (Lipinski definition) is 4. The van der Waals surface area contributed by atoms with Gasteiger partial charge in [-0.05, 0) is 42.0 Å². The van der Waals surface area contributed by atoms with Gasteiger partial charge in [-0.25, -0.2) is 4.39 Å². The third-order valence-corrected chi connectivity index (χ3v) is 5.65. The Morgan fingerprint density at radius 2 is 1.72 bits per heavy atom. The van der Waals surface area contributed by atoms with Crippen LogP contribution >= 0.6 is 0 Å². The molecule has 29 heavy (non-hydrogen) atoms. The number of nitrogens with one attached hydrogen (secondary N) is 1. The van der Waals surface area contributed by atoms with Crippen LogP contribution in [0.15, 0.2) is 48.5 Å². The summed E-state index contributed by atoms with van der Waals surface area (Å²) >= 11 is 0. The number of rotatable bonds is 4. The molecule has 2 aliphatic rings. The predicted molar refractivity (Wildman–Crippen MR) is 108 cm³/mol. The van der Waals surface area contributed by atoms with Crippen molar-refractivity contribution in [3.05, 3.63) is 59.9 Å². The van der Waals surface area contributed by atoms with E-state index in [9.17, 15) is 14.0 Å². The smallest absolute Gasteiger partial charge is 0.230 e. The van der Waals surface area contributed by atoms with Gasteiger partial charge < -0.3 is 19.9 Å². The highest BCUT2D eigenvalue weighted by Gasteiger charge is 2.42. The summed E-state index contributed by atoms with van der Waals surface area (Å²) in [6, 6.07) is 13.3. The van der Waals surface area contributed by atoms with E-state index in [4.69, 9.17) is 4.74 Å². The number of halogens is 1. The van der Waals surface area contributed by atoms with Crippen LogP contribution < -0.4 is 10.2 Å². The van der Waals surface area contributed by atoms with E-state index >= 15 is 0 Å². The Bertz CT molecular complexity index is 879. The first kappa shape index (κ1) is 19.4. The maximum absolute atomic E-state index is 13.3. The topological polar surface area (TPSA) is 61.9 Å². The summed E-state index contributed by atoms with van der Waals surface area (Å²) in [7, 11) is 1.68. The summed E-state index contributed by atoms with van der Waals surface area (Å²) < 4.78 is 18.7. The second-order valence-electron chi connectivity index (χ2n) is 7.45. The lowest BCUT2D eigenvalue weighted by atomic mass is 9.93. The fourth-order valence-electron chi connectivity index (χ4n) is 4.03. The van der Waals surface area contributed by atoms with Crippen LogP contribution in [0.1, 0.15) is 18.0 Å². The Kier molecular flexibility index (Phi) is 5.49. The monoisotopic (exact) mass is 397 g/mol. The molecule has 2 atom stereocenters. The van der Waals surface area contributed by atoms with Crippen molar-refractivity contribution >= 4 is 23.2 Å². The molecule has 0 aliphatic carbocycles. The molecule has 2 aliphatic heterocycles. The summed E-state index contributed by atoms with van der Waals surface area (Å²) in [6.45, 7) is 3.13. The van der Waals surface area contributed by atoms with Crippen LogP contribution in [0.25, 0.3) is 0 Å². The van der Waals surface area contributed by atoms with Crippen LogP contribution in [-0.2, 0) is 14.3 Å². The molecule has 0 saturated carbocycles. The number of anilines is 2. The van der Waals surface area contributed by atoms with Crippen molar-refractivity contribution < 1.29 is 18.7 Å². The van der Waals surface area contributed by atoms with E-state index in [2.05, 4.69) is 10.2 Å². The summed E-state index contributed by atoms with van der Waals surface area (Å²) in [5.41, 5.74) is 2.53. The van der Waals surface area contributed by atoms with E-state index < -0.39 is 12.0 Å². The van der Waals surface area contributed by atoms with Crippen LogP contribution in [-0.4, -0.2) is 50.1 Å². The molecule has 2 fully saturated rings. The number of morpholine rings is 1. The third-order valence-electron chi connectivity index (χ3n) is 5.65. The first-order valence-electron chi connectivity index (χ1n) is 9.77. The molecule has 1 N–H and O–H groups in total. The van der Waals surface area contributed by atoms with Gasteiger partial charge in [-0.1, -0.05) is 12.1 Å². The van der Waals surface area contributed by atoms with Crippen molar-refractivity contribution in [2.75, 3.05) is 43.6 Å². The number of nitrogens with zero attached hydrogens (tertiary/aromatic N) is 2. The molecule has 152 valence electrons. The summed E-state index contributed by atoms with van der Waals surface area (Å²) in [6.07, 6.45) is 0.135. The third kappa shape index (κ3) is 4.10. The zero-order chi connectivity index (χ0) is 20.4. The van der Waals surface area contributed by atoms with Gasteiger partial charge in [0.25, 0.3) is 0 Å². The number of carbonyl (C=O) groups excluding carboxylic acids is 2. The van der Waals surface area contributed by atoms with E-state index in [1.54, 1.807) is 24.1 Å². The van der Waals surface area contributed by atoms with Crippen molar-refractivity contribution in [3.63, 3.8) is 0 Å². The van der Waals surface area contributed by atoms with Gasteiger partial charge in [0.05, 0.1) is 25.2 Å². The number of benzene rings is 2. The SMILES string of the molecule is CN1C(=O)CC(C(=O)Nc2ccc(N3CCOCC3)cc2)C1c1ccc(F)cc1. The van der Waals surface area contributed by atoms with Crippen molar-refractivity contribution in [2.24, 2.45) is 5.92 Å². The largest absolute Gasteiger partial charge is 0.378 e. The second-order valence-corrected chi connectivity index (χ2v) is 7.45. The molecule has 7 heteroatoms. The first-order chi connectivity index (χ1) is 14.0. The van der Waals surface area contributed by atoms with Gasteiger partial charge in [0, 0.05) is 37.9 Å². The molecular formula is C22H24FN3O3. The summed E-state index contributed by atoms with van der Waals surface area (Å²) in [5, 5.41) is 2.93. The van der Waals surface area contributed by atoms with Crippen LogP contribution in [0.5, 0.6) is 0 Å². The van der Waals surface area contributed by atoms with Crippen LogP contribution in [0.2, 0.25) is 0 Å². The molecule has 2 heterocycles. The second kappa shape index (κ2) is 8.21. The van der Waals surface area contributed by atoms with E-state index in [-0.39, 0.29) is 24.1 Å². The molecule has 0 aromatic heterocycles. The average molecular weight is 397 g/mol. The minimum absolute atomic E-state index is 0.0952. The van der Waals surface area contributed by atoms with E-state index in [1.807, 2.05) is 24.3 Å². The zero-order valence-corrected chi connectivity index (χ0v) is 16.3. The van der Waals surface area contributed by atoms with Gasteiger partial charge in [0.2, 0.25) is 11.8 Å². The number of hydrogen-bond donors (Lipinski definition) is 1. The average Bonchev–Trinajstić information content (AvgIpc) is 3.05. The highest BCUT2D eigenvalue weighted by molar-refractivity contribution is 5.98. The lowest BCUT2D eigenvalue weighted by Gasteiger charge is -2.29. The van der Waals surface area contributed by atoms with Crippen LogP contribution in [0, 0.1) is 11.7 Å². The quantitative estimate of drug-likeness (QED) is 0.862. The Hall–Kier alpha value is -2.93. The van der Waals surface area contributed by atoms with Crippen molar-refractivity contribution in [3.8, 4) is 0 Å². The van der Waals surface area contributed by atoms with Gasteiger partial charge in [-0.15, -0.1) is 0 Å². The molecule has 2 aromatic rings. The van der Waals surface area contributed by atoms with Gasteiger partial charge >= 0.3 is 0 Å². The minimum atomic E-state index is -0.531. The van der Waals surface area contributed by atoms with Gasteiger partial charge in [0.1, 0.15) is 5.82 Å². The van der Waals surface area contributed by atoms with Gasteiger partial charge in [0.15, 0.2) is 0 Å². The van der Waals surface area contributed by atoms with E-state index in [0.717, 1.165) is 24.3 Å². The molecule has 0 spiro atoms. The van der Waals surface area contributed by atoms with Gasteiger partial charge in [-0.2, -0.15) is 0 Å². The summed E-state index contributed by atoms with van der Waals surface area (Å²) in [5.74, 6) is -1.18. The van der Waals surface area contributed by atoms with Gasteiger partial charge in [-0.3, -0.25) is 9.59 Å². The maximum atomic E-state index is 13.3. The number of likely N-dealkylation sites (tertiary alicyclic amines) is 1. The molecule has 2 saturated heterocycles. The number of amides is 2. The Balaban J connectivity index is 1.47. The molecular weight excluding hydrogens is 373 g/mol. The fraction of sp³-hybridized carbons (Fsp3) is 0.364. The predicted octanol–water partition coefficient (Wildman–Crippen LogP) is 2.82. The lowest BCUT2D eigenvalue weighted by Crippen LogP contribution is -2.36. The van der Waals surface area contributed by atoms with Crippen LogP contribution in [0.4, 0.5) is 15.8 Å². The highest BCUT2D eigenvalue weighted by atomic mass is 19.1. The standard InChI is InChI=1S/C22H24FN3O3/c1-25-20(27)14-19(21(25)15-2-4-16(23)5-3-15)22(28)24-17-6-8-18(9-7-17)26-10-12-29-13-11-26/h2-9,19,21H,10-14H2,1H3,(H,24,28). The number of ether oxygens (including phenoxy) is 1. The molecule has 6 nitrogen and oxygen atoms in total. The normalized spacial score (nSPS) is 22.1. The lowest BCUT2D eigenvalue weighted by molar-refractivity contribution is -0.127. The highest BCUT2D eigenvalue weighted by Crippen LogP contribution is 2.37. The maximum Gasteiger partial charge on any atom is 0.230 e. The van der Waals surface area contributed by atoms with Crippen LogP contribution in [0.3, 0.4) is 0 Å². The fourth-order valence-corrected chi connectivity index (χ4v) is 4.03. The molecule has 0 radical (unpaired) electrons. The minimum Gasteiger partial charge on any atom is -0.378 e. The molecule has 4 rings (SSSR count). The zero-order valence-electron chi connectivity index (χ0n) is 16.3. The van der Waals surface area contributed by atoms with Crippen molar-refractivity contribution in [2.45, 2.75) is 12.5 Å². The van der Waals surface area contributed by atoms with Crippen molar-refractivity contribution in [1.82, 2.24) is 4.90 Å². The number of carbonyl (C=O) groups is 2. The van der Waals surface area contributed by atoms with E-state index in [1.165, 1.54) is 12.1 Å². The molecule has 0 bridgehead atoms. The Labute approximate surface area is 169 Å². The van der Waals surface area contributed by atoms with Crippen molar-refractivity contribution in [1.29, 1.82) is 0 Å². The summed E-state index contributed by atoms with van der Waals surface area (Å²) in [4.78, 5) is 29.0. The first-order valence-corrected chi connectivity index (χ1v) is 9.77. The Morgan fingerprint density at radius 3 is 2.38 bits per heavy atom. The van der Waals surface area contributed by atoms with E-state index in [0.29, 0.717) is 18.9 Å². The Morgan fingerprint density at radius 1 is 1.07 bits per heavy atom. The molecule has 2 unspecified atom stereocenters. The molecule has 2 aromatic carbocycles. The molecule has 2 amide bonds.